The number of rotatable bonds is 9. The summed E-state index contributed by atoms with van der Waals surface area (Å²) in [5.74, 6) is 0.0327. The molecule has 2 rings (SSSR count). The van der Waals surface area contributed by atoms with Gasteiger partial charge in [-0.3, -0.25) is 4.79 Å². The summed E-state index contributed by atoms with van der Waals surface area (Å²) in [7, 11) is 0. The number of hydrogen-bond acceptors (Lipinski definition) is 6. The number of benzene rings is 2. The van der Waals surface area contributed by atoms with E-state index >= 15 is 0 Å². The first-order valence-corrected chi connectivity index (χ1v) is 10.8. The van der Waals surface area contributed by atoms with Crippen LogP contribution >= 0.6 is 0 Å². The molecule has 33 heavy (non-hydrogen) atoms. The fraction of sp³-hybridized carbons (Fsp3) is 0.346. The van der Waals surface area contributed by atoms with Crippen molar-refractivity contribution in [1.82, 2.24) is 0 Å². The third-order valence-electron chi connectivity index (χ3n) is 5.04. The second-order valence-corrected chi connectivity index (χ2v) is 8.49. The van der Waals surface area contributed by atoms with Crippen molar-refractivity contribution in [2.24, 2.45) is 5.16 Å². The number of anilines is 1. The van der Waals surface area contributed by atoms with E-state index in [0.717, 1.165) is 11.3 Å². The molecule has 7 heteroatoms. The second-order valence-electron chi connectivity index (χ2n) is 8.49. The minimum Gasteiger partial charge on any atom is -0.487 e. The van der Waals surface area contributed by atoms with Crippen LogP contribution in [0.5, 0.6) is 5.75 Å². The Morgan fingerprint density at radius 3 is 2.27 bits per heavy atom. The summed E-state index contributed by atoms with van der Waals surface area (Å²) in [6, 6.07) is 12.1. The van der Waals surface area contributed by atoms with Crippen molar-refractivity contribution in [2.45, 2.75) is 40.0 Å². The van der Waals surface area contributed by atoms with Gasteiger partial charge in [0.15, 0.2) is 0 Å². The van der Waals surface area contributed by atoms with Crippen molar-refractivity contribution in [1.29, 1.82) is 0 Å². The largest absolute Gasteiger partial charge is 0.487 e. The van der Waals surface area contributed by atoms with E-state index in [1.165, 1.54) is 6.08 Å². The summed E-state index contributed by atoms with van der Waals surface area (Å²) in [6.45, 7) is 13.9. The van der Waals surface area contributed by atoms with E-state index < -0.39 is 5.97 Å². The van der Waals surface area contributed by atoms with Crippen molar-refractivity contribution in [3.05, 3.63) is 71.8 Å². The average molecular weight is 453 g/mol. The molecule has 1 N–H and O–H groups in total. The maximum atomic E-state index is 12.1. The van der Waals surface area contributed by atoms with Crippen molar-refractivity contribution >= 4 is 23.3 Å². The first-order valence-electron chi connectivity index (χ1n) is 10.8. The molecule has 0 saturated carbocycles. The molecule has 0 aliphatic heterocycles. The molecular weight excluding hydrogens is 420 g/mol. The molecule has 0 saturated heterocycles. The lowest BCUT2D eigenvalue weighted by Gasteiger charge is -2.29. The lowest BCUT2D eigenvalue weighted by molar-refractivity contribution is -0.116. The zero-order valence-corrected chi connectivity index (χ0v) is 19.9. The molecule has 1 amide bonds. The number of ether oxygens (including phenoxy) is 2. The van der Waals surface area contributed by atoms with E-state index in [2.05, 4.69) is 32.5 Å². The van der Waals surface area contributed by atoms with Crippen LogP contribution < -0.4 is 9.64 Å². The number of nitrogens with zero attached hydrogens (tertiary/aromatic N) is 2. The molecule has 0 atom stereocenters. The van der Waals surface area contributed by atoms with Crippen LogP contribution in [0.25, 0.3) is 0 Å². The molecule has 2 aromatic rings. The van der Waals surface area contributed by atoms with Crippen LogP contribution in [0.1, 0.15) is 56.1 Å². The predicted molar refractivity (Wildman–Crippen MR) is 130 cm³/mol. The molecule has 0 spiro atoms. The number of amides is 1. The number of oxime groups is 1. The molecule has 176 valence electrons. The maximum absolute atomic E-state index is 12.1. The Hall–Kier alpha value is -3.61. The quantitative estimate of drug-likeness (QED) is 0.191. The third kappa shape index (κ3) is 6.68. The minimum atomic E-state index is -0.444. The lowest BCUT2D eigenvalue weighted by atomic mass is 9.84. The Labute approximate surface area is 195 Å². The normalized spacial score (nSPS) is 11.6. The Kier molecular flexibility index (Phi) is 8.79. The predicted octanol–water partition coefficient (Wildman–Crippen LogP) is 4.96. The molecule has 0 aromatic heterocycles. The van der Waals surface area contributed by atoms with Crippen LogP contribution in [0.4, 0.5) is 5.69 Å². The van der Waals surface area contributed by atoms with Gasteiger partial charge >= 0.3 is 5.97 Å². The zero-order valence-electron chi connectivity index (χ0n) is 19.9. The van der Waals surface area contributed by atoms with Crippen molar-refractivity contribution in [2.75, 3.05) is 24.7 Å². The smallest absolute Gasteiger partial charge is 0.338 e. The minimum absolute atomic E-state index is 0.0177. The van der Waals surface area contributed by atoms with Crippen molar-refractivity contribution in [3.8, 4) is 5.75 Å². The summed E-state index contributed by atoms with van der Waals surface area (Å²) in [4.78, 5) is 25.7. The summed E-state index contributed by atoms with van der Waals surface area (Å²) in [5.41, 5.74) is 2.98. The van der Waals surface area contributed by atoms with E-state index in [1.54, 1.807) is 36.1 Å². The number of carbonyl (C=O) groups excluding carboxylic acids is 2. The number of esters is 1. The van der Waals surface area contributed by atoms with Crippen molar-refractivity contribution < 1.29 is 24.3 Å². The average Bonchev–Trinajstić information content (AvgIpc) is 2.78. The fourth-order valence-electron chi connectivity index (χ4n) is 3.34. The highest BCUT2D eigenvalue weighted by Gasteiger charge is 2.24. The highest BCUT2D eigenvalue weighted by atomic mass is 16.5. The monoisotopic (exact) mass is 452 g/mol. The maximum Gasteiger partial charge on any atom is 0.338 e. The molecule has 0 aliphatic rings. The van der Waals surface area contributed by atoms with Crippen LogP contribution in [0.2, 0.25) is 0 Å². The van der Waals surface area contributed by atoms with E-state index in [1.807, 2.05) is 25.1 Å². The van der Waals surface area contributed by atoms with Gasteiger partial charge in [-0.2, -0.15) is 0 Å². The summed E-state index contributed by atoms with van der Waals surface area (Å²) in [5, 5.41) is 13.1. The van der Waals surface area contributed by atoms with Crippen LogP contribution in [0, 0.1) is 0 Å². The van der Waals surface area contributed by atoms with Gasteiger partial charge in [0.25, 0.3) is 0 Å². The molecule has 7 nitrogen and oxygen atoms in total. The molecular formula is C26H32N2O5. The Bertz CT molecular complexity index is 1020. The van der Waals surface area contributed by atoms with Gasteiger partial charge in [-0.15, -0.1) is 0 Å². The second kappa shape index (κ2) is 11.3. The topological polar surface area (TPSA) is 88.4 Å². The lowest BCUT2D eigenvalue weighted by Crippen LogP contribution is -2.31. The van der Waals surface area contributed by atoms with Gasteiger partial charge in [-0.05, 0) is 54.3 Å². The van der Waals surface area contributed by atoms with E-state index in [9.17, 15) is 14.8 Å². The van der Waals surface area contributed by atoms with E-state index in [4.69, 9.17) is 9.47 Å². The number of hydrogen-bond donors (Lipinski definition) is 1. The first kappa shape index (κ1) is 25.6. The molecule has 0 fully saturated rings. The highest BCUT2D eigenvalue weighted by Crippen LogP contribution is 2.33. The Morgan fingerprint density at radius 2 is 1.76 bits per heavy atom. The summed E-state index contributed by atoms with van der Waals surface area (Å²) >= 11 is 0. The molecule has 0 bridgehead atoms. The SMILES string of the molecule is C=CCOC(=O)c1ccc(OC/C(=N\O)c2ccc(N(CC)C(C)=O)c(C(C)(C)C)c2)cc1. The first-order chi connectivity index (χ1) is 15.6. The van der Waals surface area contributed by atoms with Gasteiger partial charge < -0.3 is 19.6 Å². The van der Waals surface area contributed by atoms with Gasteiger partial charge in [0.1, 0.15) is 24.7 Å². The Morgan fingerprint density at radius 1 is 1.12 bits per heavy atom. The van der Waals surface area contributed by atoms with Crippen LogP contribution in [0.15, 0.2) is 60.3 Å². The fourth-order valence-corrected chi connectivity index (χ4v) is 3.34. The Balaban J connectivity index is 2.23. The summed E-state index contributed by atoms with van der Waals surface area (Å²) in [6.07, 6.45) is 1.50. The standard InChI is InChI=1S/C26H32N2O5/c1-7-15-32-25(30)19-9-12-21(13-10-19)33-17-23(27-31)20-11-14-24(28(8-2)18(3)29)22(16-20)26(4,5)6/h7,9-14,16,31H,1,8,15,17H2,2-6H3/b27-23+. The van der Waals surface area contributed by atoms with Crippen LogP contribution in [-0.4, -0.2) is 42.6 Å². The summed E-state index contributed by atoms with van der Waals surface area (Å²) < 4.78 is 10.8. The molecule has 2 aromatic carbocycles. The van der Waals surface area contributed by atoms with Gasteiger partial charge in [0.05, 0.1) is 5.56 Å². The highest BCUT2D eigenvalue weighted by molar-refractivity contribution is 6.02. The third-order valence-corrected chi connectivity index (χ3v) is 5.04. The molecule has 0 radical (unpaired) electrons. The van der Waals surface area contributed by atoms with Gasteiger partial charge in [-0.25, -0.2) is 4.79 Å². The molecule has 0 heterocycles. The number of carbonyl (C=O) groups is 2. The zero-order chi connectivity index (χ0) is 24.6. The van der Waals surface area contributed by atoms with Gasteiger partial charge in [-0.1, -0.05) is 44.6 Å². The molecule has 0 aliphatic carbocycles. The van der Waals surface area contributed by atoms with Crippen molar-refractivity contribution in [3.63, 3.8) is 0 Å². The molecule has 0 unspecified atom stereocenters. The van der Waals surface area contributed by atoms with Crippen LogP contribution in [-0.2, 0) is 14.9 Å². The van der Waals surface area contributed by atoms with Crippen LogP contribution in [0.3, 0.4) is 0 Å². The van der Waals surface area contributed by atoms with Gasteiger partial charge in [0.2, 0.25) is 5.91 Å². The van der Waals surface area contributed by atoms with E-state index in [0.29, 0.717) is 29.1 Å². The van der Waals surface area contributed by atoms with E-state index in [-0.39, 0.29) is 24.5 Å². The van der Waals surface area contributed by atoms with Gasteiger partial charge in [0, 0.05) is 24.7 Å².